The van der Waals surface area contributed by atoms with Crippen LogP contribution in [0.2, 0.25) is 0 Å². The second-order valence-electron chi connectivity index (χ2n) is 8.28. The number of hydrogen-bond donors (Lipinski definition) is 1. The number of carboxylic acids is 1. The number of benzene rings is 1. The van der Waals surface area contributed by atoms with E-state index in [2.05, 4.69) is 5.32 Å². The van der Waals surface area contributed by atoms with Crippen LogP contribution in [0.1, 0.15) is 39.3 Å². The van der Waals surface area contributed by atoms with E-state index in [-0.39, 0.29) is 17.2 Å². The maximum absolute atomic E-state index is 13.2. The molecule has 0 radical (unpaired) electrons. The lowest BCUT2D eigenvalue weighted by Crippen LogP contribution is -2.74. The van der Waals surface area contributed by atoms with Crippen molar-refractivity contribution in [3.8, 4) is 0 Å². The molecule has 8 heteroatoms. The van der Waals surface area contributed by atoms with Crippen LogP contribution >= 0.6 is 11.8 Å². The predicted octanol–water partition coefficient (Wildman–Crippen LogP) is 0.0764. The molecular weight excluding hydrogens is 366 g/mol. The standard InChI is InChI=1S/C19H23N3O4S/c1-18(2)13(17(25)26)21-15(24)12(16(21)27-18)22-14(23)11(20-19(22,3)4)10-8-6-5-7-9-10/h5-9,11-13,16,20H,1-4H3,(H,25,26)/p-1/t11-,12?,13+,16-/m1/s1. The van der Waals surface area contributed by atoms with Gasteiger partial charge < -0.3 is 19.7 Å². The molecule has 3 heterocycles. The van der Waals surface area contributed by atoms with Crippen LogP contribution < -0.4 is 10.4 Å². The summed E-state index contributed by atoms with van der Waals surface area (Å²) in [7, 11) is 0. The molecule has 3 fully saturated rings. The largest absolute Gasteiger partial charge is 0.548 e. The smallest absolute Gasteiger partial charge is 0.250 e. The summed E-state index contributed by atoms with van der Waals surface area (Å²) in [5.41, 5.74) is 0.114. The number of nitrogens with zero attached hydrogens (tertiary/aromatic N) is 2. The van der Waals surface area contributed by atoms with Gasteiger partial charge in [0.25, 0.3) is 0 Å². The Bertz CT molecular complexity index is 826. The van der Waals surface area contributed by atoms with E-state index in [1.165, 1.54) is 16.7 Å². The monoisotopic (exact) mass is 388 g/mol. The second-order valence-corrected chi connectivity index (χ2v) is 10.0. The molecule has 4 rings (SSSR count). The zero-order chi connectivity index (χ0) is 19.7. The van der Waals surface area contributed by atoms with Gasteiger partial charge in [0.05, 0.1) is 17.7 Å². The first-order valence-corrected chi connectivity index (χ1v) is 9.81. The number of thioether (sulfide) groups is 1. The Morgan fingerprint density at radius 2 is 1.74 bits per heavy atom. The minimum atomic E-state index is -1.26. The summed E-state index contributed by atoms with van der Waals surface area (Å²) in [5, 5.41) is 14.5. The highest BCUT2D eigenvalue weighted by atomic mass is 32.2. The van der Waals surface area contributed by atoms with Gasteiger partial charge in [0.1, 0.15) is 17.5 Å². The molecule has 4 atom stereocenters. The Balaban J connectivity index is 1.65. The fourth-order valence-corrected chi connectivity index (χ4v) is 6.13. The first kappa shape index (κ1) is 18.3. The summed E-state index contributed by atoms with van der Waals surface area (Å²) in [4.78, 5) is 40.7. The van der Waals surface area contributed by atoms with Gasteiger partial charge in [0, 0.05) is 4.75 Å². The van der Waals surface area contributed by atoms with Crippen molar-refractivity contribution in [3.05, 3.63) is 35.9 Å². The molecule has 1 aromatic carbocycles. The van der Waals surface area contributed by atoms with Gasteiger partial charge in [-0.25, -0.2) is 0 Å². The van der Waals surface area contributed by atoms with E-state index < -0.39 is 34.5 Å². The average molecular weight is 388 g/mol. The number of fused-ring (bicyclic) bond motifs is 1. The van der Waals surface area contributed by atoms with Gasteiger partial charge in [-0.05, 0) is 33.3 Å². The van der Waals surface area contributed by atoms with Gasteiger partial charge in [-0.2, -0.15) is 0 Å². The van der Waals surface area contributed by atoms with Gasteiger partial charge in [-0.15, -0.1) is 11.8 Å². The van der Waals surface area contributed by atoms with E-state index in [0.29, 0.717) is 0 Å². The molecule has 144 valence electrons. The van der Waals surface area contributed by atoms with Crippen LogP contribution in [0, 0.1) is 0 Å². The van der Waals surface area contributed by atoms with Crippen LogP contribution in [0.4, 0.5) is 0 Å². The number of carboxylic acid groups (broad SMARTS) is 1. The minimum absolute atomic E-state index is 0.167. The molecule has 2 amide bonds. The third-order valence-electron chi connectivity index (χ3n) is 5.63. The molecule has 3 aliphatic rings. The first-order chi connectivity index (χ1) is 12.6. The number of carbonyl (C=O) groups excluding carboxylic acids is 3. The molecule has 0 bridgehead atoms. The lowest BCUT2D eigenvalue weighted by molar-refractivity contribution is -0.312. The average Bonchev–Trinajstić information content (AvgIpc) is 2.98. The van der Waals surface area contributed by atoms with Crippen LogP contribution in [0.3, 0.4) is 0 Å². The van der Waals surface area contributed by atoms with Crippen LogP contribution in [0.5, 0.6) is 0 Å². The Morgan fingerprint density at radius 1 is 1.11 bits per heavy atom. The van der Waals surface area contributed by atoms with E-state index in [4.69, 9.17) is 0 Å². The summed E-state index contributed by atoms with van der Waals surface area (Å²) in [5.74, 6) is -1.75. The Hall–Kier alpha value is -2.06. The Morgan fingerprint density at radius 3 is 2.33 bits per heavy atom. The molecule has 3 saturated heterocycles. The normalized spacial score (nSPS) is 33.8. The molecule has 3 aliphatic heterocycles. The third-order valence-corrected chi connectivity index (χ3v) is 7.19. The lowest BCUT2D eigenvalue weighted by atomic mass is 9.94. The maximum atomic E-state index is 13.2. The van der Waals surface area contributed by atoms with Crippen molar-refractivity contribution in [1.29, 1.82) is 0 Å². The third kappa shape index (κ3) is 2.50. The van der Waals surface area contributed by atoms with Crippen molar-refractivity contribution < 1.29 is 19.5 Å². The molecule has 0 spiro atoms. The van der Waals surface area contributed by atoms with E-state index in [9.17, 15) is 19.5 Å². The topological polar surface area (TPSA) is 92.8 Å². The summed E-state index contributed by atoms with van der Waals surface area (Å²) < 4.78 is -0.674. The number of hydrogen-bond acceptors (Lipinski definition) is 6. The summed E-state index contributed by atoms with van der Waals surface area (Å²) in [6, 6.07) is 7.19. The van der Waals surface area contributed by atoms with E-state index in [0.717, 1.165) is 5.56 Å². The molecule has 1 aromatic rings. The summed E-state index contributed by atoms with van der Waals surface area (Å²) in [6.07, 6.45) is 0. The van der Waals surface area contributed by atoms with Crippen molar-refractivity contribution in [2.24, 2.45) is 0 Å². The van der Waals surface area contributed by atoms with Crippen molar-refractivity contribution in [2.45, 2.75) is 61.6 Å². The number of aliphatic carboxylic acids is 1. The molecule has 1 N–H and O–H groups in total. The number of amides is 2. The highest BCUT2D eigenvalue weighted by molar-refractivity contribution is 8.01. The second kappa shape index (κ2) is 5.72. The molecule has 7 nitrogen and oxygen atoms in total. The van der Waals surface area contributed by atoms with E-state index >= 15 is 0 Å². The minimum Gasteiger partial charge on any atom is -0.548 e. The first-order valence-electron chi connectivity index (χ1n) is 8.93. The molecule has 0 aliphatic carbocycles. The van der Waals surface area contributed by atoms with Gasteiger partial charge >= 0.3 is 0 Å². The quantitative estimate of drug-likeness (QED) is 0.737. The van der Waals surface area contributed by atoms with Crippen LogP contribution in [0.25, 0.3) is 0 Å². The molecule has 1 unspecified atom stereocenters. The maximum Gasteiger partial charge on any atom is 0.250 e. The fraction of sp³-hybridized carbons (Fsp3) is 0.526. The van der Waals surface area contributed by atoms with Gasteiger partial charge in [0.15, 0.2) is 0 Å². The lowest BCUT2D eigenvalue weighted by Gasteiger charge is -2.51. The fourth-order valence-electron chi connectivity index (χ4n) is 4.47. The number of β-lactam (4-membered cyclic amide) rings is 1. The van der Waals surface area contributed by atoms with E-state index in [1.54, 1.807) is 18.7 Å². The summed E-state index contributed by atoms with van der Waals surface area (Å²) >= 11 is 1.42. The number of carbonyl (C=O) groups is 3. The molecule has 0 saturated carbocycles. The predicted molar refractivity (Wildman–Crippen MR) is 98.1 cm³/mol. The van der Waals surface area contributed by atoms with Crippen molar-refractivity contribution in [1.82, 2.24) is 15.1 Å². The number of nitrogens with one attached hydrogen (secondary N) is 1. The highest BCUT2D eigenvalue weighted by Gasteiger charge is 2.66. The van der Waals surface area contributed by atoms with Crippen LogP contribution in [-0.2, 0) is 14.4 Å². The zero-order valence-electron chi connectivity index (χ0n) is 15.6. The summed E-state index contributed by atoms with van der Waals surface area (Å²) in [6.45, 7) is 7.32. The molecular formula is C19H22N3O4S-. The molecule has 0 aromatic heterocycles. The SMILES string of the molecule is CC1(C)S[C@@H]2C(N3C(=O)[C@@H](c4ccccc4)NC3(C)C)C(=O)N2[C@H]1C(=O)[O-]. The van der Waals surface area contributed by atoms with E-state index in [1.807, 2.05) is 44.2 Å². The highest BCUT2D eigenvalue weighted by Crippen LogP contribution is 2.53. The van der Waals surface area contributed by atoms with Crippen molar-refractivity contribution >= 4 is 29.5 Å². The van der Waals surface area contributed by atoms with Crippen molar-refractivity contribution in [3.63, 3.8) is 0 Å². The van der Waals surface area contributed by atoms with Gasteiger partial charge in [0.2, 0.25) is 11.8 Å². The van der Waals surface area contributed by atoms with Crippen molar-refractivity contribution in [2.75, 3.05) is 0 Å². The van der Waals surface area contributed by atoms with Crippen LogP contribution in [-0.4, -0.2) is 55.5 Å². The zero-order valence-corrected chi connectivity index (χ0v) is 16.4. The van der Waals surface area contributed by atoms with Gasteiger partial charge in [-0.1, -0.05) is 30.3 Å². The molecule has 27 heavy (non-hydrogen) atoms. The Kier molecular flexibility index (Phi) is 3.88. The Labute approximate surface area is 162 Å². The van der Waals surface area contributed by atoms with Gasteiger partial charge in [-0.3, -0.25) is 14.9 Å². The number of rotatable bonds is 3. The van der Waals surface area contributed by atoms with Crippen LogP contribution in [0.15, 0.2) is 30.3 Å².